The lowest BCUT2D eigenvalue weighted by Crippen LogP contribution is -2.36. The van der Waals surface area contributed by atoms with E-state index < -0.39 is 0 Å². The Balaban J connectivity index is 1.85. The molecule has 1 aliphatic heterocycles. The highest BCUT2D eigenvalue weighted by Gasteiger charge is 2.30. The molecular formula is C19H21NO3. The molecule has 0 aliphatic carbocycles. The number of hydrogen-bond acceptors (Lipinski definition) is 3. The maximum atomic E-state index is 12.8. The summed E-state index contributed by atoms with van der Waals surface area (Å²) < 4.78 is 10.6. The lowest BCUT2D eigenvalue weighted by molar-refractivity contribution is -0.118. The van der Waals surface area contributed by atoms with Crippen LogP contribution in [-0.2, 0) is 17.6 Å². The van der Waals surface area contributed by atoms with Crippen LogP contribution in [0, 0.1) is 0 Å². The van der Waals surface area contributed by atoms with E-state index in [0.29, 0.717) is 12.2 Å². The SMILES string of the molecule is COc1ccc(CC(=O)N2c3ccccc3CC2C)c(OC)c1. The van der Waals surface area contributed by atoms with Gasteiger partial charge in [0.2, 0.25) is 5.91 Å². The number of methoxy groups -OCH3 is 2. The van der Waals surface area contributed by atoms with E-state index in [1.165, 1.54) is 5.56 Å². The summed E-state index contributed by atoms with van der Waals surface area (Å²) >= 11 is 0. The smallest absolute Gasteiger partial charge is 0.231 e. The van der Waals surface area contributed by atoms with Crippen LogP contribution >= 0.6 is 0 Å². The molecule has 1 amide bonds. The van der Waals surface area contributed by atoms with E-state index in [-0.39, 0.29) is 11.9 Å². The quantitative estimate of drug-likeness (QED) is 0.870. The fraction of sp³-hybridized carbons (Fsp3) is 0.316. The Kier molecular flexibility index (Phi) is 4.24. The number of nitrogens with zero attached hydrogens (tertiary/aromatic N) is 1. The first-order valence-electron chi connectivity index (χ1n) is 7.75. The Morgan fingerprint density at radius 3 is 2.70 bits per heavy atom. The van der Waals surface area contributed by atoms with Gasteiger partial charge >= 0.3 is 0 Å². The molecule has 2 aromatic carbocycles. The highest BCUT2D eigenvalue weighted by molar-refractivity contribution is 5.97. The van der Waals surface area contributed by atoms with Gasteiger partial charge in [-0.15, -0.1) is 0 Å². The molecule has 1 heterocycles. The van der Waals surface area contributed by atoms with Gasteiger partial charge in [0.1, 0.15) is 11.5 Å². The molecular weight excluding hydrogens is 290 g/mol. The molecule has 4 heteroatoms. The molecule has 0 saturated carbocycles. The minimum absolute atomic E-state index is 0.0888. The molecule has 120 valence electrons. The largest absolute Gasteiger partial charge is 0.497 e. The van der Waals surface area contributed by atoms with Crippen LogP contribution in [0.15, 0.2) is 42.5 Å². The average molecular weight is 311 g/mol. The zero-order chi connectivity index (χ0) is 16.4. The molecule has 0 spiro atoms. The molecule has 0 N–H and O–H groups in total. The second-order valence-electron chi connectivity index (χ2n) is 5.80. The summed E-state index contributed by atoms with van der Waals surface area (Å²) in [4.78, 5) is 14.8. The van der Waals surface area contributed by atoms with Gasteiger partial charge in [-0.1, -0.05) is 24.3 Å². The van der Waals surface area contributed by atoms with Gasteiger partial charge < -0.3 is 14.4 Å². The third kappa shape index (κ3) is 2.89. The van der Waals surface area contributed by atoms with Crippen molar-refractivity contribution in [1.82, 2.24) is 0 Å². The van der Waals surface area contributed by atoms with Gasteiger partial charge in [0, 0.05) is 23.4 Å². The molecule has 0 saturated heterocycles. The number of ether oxygens (including phenoxy) is 2. The van der Waals surface area contributed by atoms with Crippen molar-refractivity contribution in [3.05, 3.63) is 53.6 Å². The van der Waals surface area contributed by atoms with Gasteiger partial charge in [0.15, 0.2) is 0 Å². The Hall–Kier alpha value is -2.49. The number of benzene rings is 2. The topological polar surface area (TPSA) is 38.8 Å². The average Bonchev–Trinajstić information content (AvgIpc) is 2.90. The second kappa shape index (κ2) is 6.32. The molecule has 4 nitrogen and oxygen atoms in total. The lowest BCUT2D eigenvalue weighted by Gasteiger charge is -2.23. The normalized spacial score (nSPS) is 16.1. The van der Waals surface area contributed by atoms with Gasteiger partial charge in [-0.25, -0.2) is 0 Å². The number of anilines is 1. The van der Waals surface area contributed by atoms with E-state index in [1.54, 1.807) is 14.2 Å². The molecule has 0 aromatic heterocycles. The second-order valence-corrected chi connectivity index (χ2v) is 5.80. The lowest BCUT2D eigenvalue weighted by atomic mass is 10.1. The fourth-order valence-corrected chi connectivity index (χ4v) is 3.19. The van der Waals surface area contributed by atoms with E-state index in [0.717, 1.165) is 23.4 Å². The predicted molar refractivity (Wildman–Crippen MR) is 90.3 cm³/mol. The maximum absolute atomic E-state index is 12.8. The van der Waals surface area contributed by atoms with E-state index >= 15 is 0 Å². The van der Waals surface area contributed by atoms with Gasteiger partial charge in [-0.3, -0.25) is 4.79 Å². The highest BCUT2D eigenvalue weighted by atomic mass is 16.5. The van der Waals surface area contributed by atoms with Gasteiger partial charge in [-0.05, 0) is 31.0 Å². The first-order chi connectivity index (χ1) is 11.1. The number of carbonyl (C=O) groups excluding carboxylic acids is 1. The Labute approximate surface area is 136 Å². The van der Waals surface area contributed by atoms with Crippen LogP contribution in [0.2, 0.25) is 0 Å². The summed E-state index contributed by atoms with van der Waals surface area (Å²) in [6, 6.07) is 13.8. The summed E-state index contributed by atoms with van der Waals surface area (Å²) in [5.74, 6) is 1.49. The number of fused-ring (bicyclic) bond motifs is 1. The molecule has 1 unspecified atom stereocenters. The van der Waals surface area contributed by atoms with Crippen molar-refractivity contribution in [3.63, 3.8) is 0 Å². The Morgan fingerprint density at radius 1 is 1.17 bits per heavy atom. The number of rotatable bonds is 4. The monoisotopic (exact) mass is 311 g/mol. The molecule has 0 bridgehead atoms. The van der Waals surface area contributed by atoms with Crippen LogP contribution in [-0.4, -0.2) is 26.2 Å². The maximum Gasteiger partial charge on any atom is 0.231 e. The number of para-hydroxylation sites is 1. The molecule has 1 aliphatic rings. The predicted octanol–water partition coefficient (Wildman–Crippen LogP) is 3.22. The summed E-state index contributed by atoms with van der Waals surface area (Å²) in [5, 5.41) is 0. The standard InChI is InChI=1S/C19H21NO3/c1-13-10-14-6-4-5-7-17(14)20(13)19(21)11-15-8-9-16(22-2)12-18(15)23-3/h4-9,12-13H,10-11H2,1-3H3. The minimum atomic E-state index is 0.0888. The van der Waals surface area contributed by atoms with Crippen molar-refractivity contribution in [3.8, 4) is 11.5 Å². The summed E-state index contributed by atoms with van der Waals surface area (Å²) in [5.41, 5.74) is 3.13. The van der Waals surface area contributed by atoms with Crippen molar-refractivity contribution in [2.75, 3.05) is 19.1 Å². The first kappa shape index (κ1) is 15.4. The summed E-state index contributed by atoms with van der Waals surface area (Å²) in [7, 11) is 3.22. The van der Waals surface area contributed by atoms with Crippen molar-refractivity contribution in [2.45, 2.75) is 25.8 Å². The Morgan fingerprint density at radius 2 is 1.96 bits per heavy atom. The van der Waals surface area contributed by atoms with Crippen LogP contribution in [0.3, 0.4) is 0 Å². The van der Waals surface area contributed by atoms with Crippen molar-refractivity contribution < 1.29 is 14.3 Å². The third-order valence-corrected chi connectivity index (χ3v) is 4.31. The van der Waals surface area contributed by atoms with Gasteiger partial charge in [-0.2, -0.15) is 0 Å². The minimum Gasteiger partial charge on any atom is -0.497 e. The number of carbonyl (C=O) groups is 1. The van der Waals surface area contributed by atoms with Crippen LogP contribution < -0.4 is 14.4 Å². The van der Waals surface area contributed by atoms with Crippen molar-refractivity contribution >= 4 is 11.6 Å². The molecule has 0 radical (unpaired) electrons. The Bertz CT molecular complexity index is 726. The molecule has 1 atom stereocenters. The third-order valence-electron chi connectivity index (χ3n) is 4.31. The highest BCUT2D eigenvalue weighted by Crippen LogP contribution is 2.33. The van der Waals surface area contributed by atoms with E-state index in [1.807, 2.05) is 41.3 Å². The summed E-state index contributed by atoms with van der Waals surface area (Å²) in [6.45, 7) is 2.09. The first-order valence-corrected chi connectivity index (χ1v) is 7.75. The van der Waals surface area contributed by atoms with Gasteiger partial charge in [0.05, 0.1) is 20.6 Å². The van der Waals surface area contributed by atoms with Crippen molar-refractivity contribution in [1.29, 1.82) is 0 Å². The summed E-state index contributed by atoms with van der Waals surface area (Å²) in [6.07, 6.45) is 1.22. The molecule has 0 fully saturated rings. The van der Waals surface area contributed by atoms with Gasteiger partial charge in [0.25, 0.3) is 0 Å². The molecule has 3 rings (SSSR count). The van der Waals surface area contributed by atoms with Crippen LogP contribution in [0.25, 0.3) is 0 Å². The van der Waals surface area contributed by atoms with E-state index in [2.05, 4.69) is 13.0 Å². The van der Waals surface area contributed by atoms with Crippen LogP contribution in [0.4, 0.5) is 5.69 Å². The van der Waals surface area contributed by atoms with E-state index in [9.17, 15) is 4.79 Å². The molecule has 23 heavy (non-hydrogen) atoms. The number of amides is 1. The van der Waals surface area contributed by atoms with E-state index in [4.69, 9.17) is 9.47 Å². The molecule has 2 aromatic rings. The van der Waals surface area contributed by atoms with Crippen LogP contribution in [0.1, 0.15) is 18.1 Å². The fourth-order valence-electron chi connectivity index (χ4n) is 3.19. The zero-order valence-corrected chi connectivity index (χ0v) is 13.7. The zero-order valence-electron chi connectivity index (χ0n) is 13.7. The number of hydrogen-bond donors (Lipinski definition) is 0. The van der Waals surface area contributed by atoms with Crippen molar-refractivity contribution in [2.24, 2.45) is 0 Å². The van der Waals surface area contributed by atoms with Crippen LogP contribution in [0.5, 0.6) is 11.5 Å².